The normalized spacial score (nSPS) is 10.6. The van der Waals surface area contributed by atoms with Gasteiger partial charge < -0.3 is 10.4 Å². The number of amides is 1. The minimum atomic E-state index is -0.276. The number of benzene rings is 1. The summed E-state index contributed by atoms with van der Waals surface area (Å²) < 4.78 is 0. The van der Waals surface area contributed by atoms with Gasteiger partial charge in [-0.3, -0.25) is 4.79 Å². The number of thioether (sulfide) groups is 1. The molecule has 0 saturated heterocycles. The maximum Gasteiger partial charge on any atom is 0.255 e. The van der Waals surface area contributed by atoms with Gasteiger partial charge in [0, 0.05) is 18.5 Å². The molecule has 128 valence electrons. The van der Waals surface area contributed by atoms with E-state index in [-0.39, 0.29) is 19.1 Å². The molecule has 2 N–H and O–H groups in total. The van der Waals surface area contributed by atoms with E-state index in [4.69, 9.17) is 5.11 Å². The fourth-order valence-electron chi connectivity index (χ4n) is 2.15. The van der Waals surface area contributed by atoms with Gasteiger partial charge in [0.1, 0.15) is 5.03 Å². The summed E-state index contributed by atoms with van der Waals surface area (Å²) in [5, 5.41) is 14.2. The topological polar surface area (TPSA) is 75.1 Å². The minimum absolute atomic E-state index is 0.105. The summed E-state index contributed by atoms with van der Waals surface area (Å²) in [6.07, 6.45) is 1.56. The summed E-state index contributed by atoms with van der Waals surface area (Å²) in [5.41, 5.74) is 1.58. The standard InChI is InChI=1S/C18H17N3O2S2/c22-9-8-19-17(23)14-11-20-16(15-7-4-10-24-15)21-18(14)25-12-13-5-2-1-3-6-13/h1-7,10-11,22H,8-9,12H2,(H,19,23). The lowest BCUT2D eigenvalue weighted by molar-refractivity contribution is 0.0940. The summed E-state index contributed by atoms with van der Waals surface area (Å²) in [7, 11) is 0. The van der Waals surface area contributed by atoms with Crippen molar-refractivity contribution in [1.29, 1.82) is 0 Å². The predicted octanol–water partition coefficient (Wildman–Crippen LogP) is 3.22. The van der Waals surface area contributed by atoms with Crippen LogP contribution in [0.15, 0.2) is 59.1 Å². The molecule has 0 aliphatic heterocycles. The summed E-state index contributed by atoms with van der Waals surface area (Å²) in [6.45, 7) is 0.0979. The minimum Gasteiger partial charge on any atom is -0.395 e. The van der Waals surface area contributed by atoms with Crippen LogP contribution < -0.4 is 5.32 Å². The number of thiophene rings is 1. The number of nitrogens with one attached hydrogen (secondary N) is 1. The summed E-state index contributed by atoms with van der Waals surface area (Å²) >= 11 is 3.06. The molecule has 0 radical (unpaired) electrons. The van der Waals surface area contributed by atoms with Gasteiger partial charge >= 0.3 is 0 Å². The number of carbonyl (C=O) groups excluding carboxylic acids is 1. The van der Waals surface area contributed by atoms with Gasteiger partial charge in [0.2, 0.25) is 0 Å². The van der Waals surface area contributed by atoms with Crippen molar-refractivity contribution in [1.82, 2.24) is 15.3 Å². The number of aliphatic hydroxyl groups is 1. The van der Waals surface area contributed by atoms with E-state index < -0.39 is 0 Å². The Labute approximate surface area is 154 Å². The van der Waals surface area contributed by atoms with E-state index in [2.05, 4.69) is 15.3 Å². The molecule has 1 amide bonds. The number of nitrogens with zero attached hydrogens (tertiary/aromatic N) is 2. The third kappa shape index (κ3) is 4.66. The summed E-state index contributed by atoms with van der Waals surface area (Å²) in [6, 6.07) is 13.9. The van der Waals surface area contributed by atoms with E-state index in [1.807, 2.05) is 47.8 Å². The Balaban J connectivity index is 1.87. The first-order valence-electron chi connectivity index (χ1n) is 7.74. The van der Waals surface area contributed by atoms with Gasteiger partial charge in [-0.15, -0.1) is 23.1 Å². The fourth-order valence-corrected chi connectivity index (χ4v) is 3.76. The van der Waals surface area contributed by atoms with Crippen LogP contribution in [0.3, 0.4) is 0 Å². The predicted molar refractivity (Wildman–Crippen MR) is 101 cm³/mol. The van der Waals surface area contributed by atoms with Crippen molar-refractivity contribution in [3.05, 3.63) is 65.2 Å². The lowest BCUT2D eigenvalue weighted by Gasteiger charge is -2.10. The van der Waals surface area contributed by atoms with Crippen molar-refractivity contribution in [2.24, 2.45) is 0 Å². The van der Waals surface area contributed by atoms with Crippen LogP contribution in [0.2, 0.25) is 0 Å². The Morgan fingerprint density at radius 2 is 2.04 bits per heavy atom. The van der Waals surface area contributed by atoms with Crippen molar-refractivity contribution < 1.29 is 9.90 Å². The van der Waals surface area contributed by atoms with Gasteiger partial charge in [-0.1, -0.05) is 36.4 Å². The first kappa shape index (κ1) is 17.6. The second-order valence-electron chi connectivity index (χ2n) is 5.14. The molecule has 0 aliphatic rings. The second kappa shape index (κ2) is 8.75. The zero-order valence-electron chi connectivity index (χ0n) is 13.4. The number of rotatable bonds is 7. The zero-order chi connectivity index (χ0) is 17.5. The van der Waals surface area contributed by atoms with E-state index in [9.17, 15) is 4.79 Å². The Hall–Kier alpha value is -2.22. The van der Waals surface area contributed by atoms with Crippen LogP contribution in [-0.4, -0.2) is 34.1 Å². The van der Waals surface area contributed by atoms with Crippen molar-refractivity contribution in [2.45, 2.75) is 10.8 Å². The van der Waals surface area contributed by atoms with Crippen molar-refractivity contribution in [2.75, 3.05) is 13.2 Å². The van der Waals surface area contributed by atoms with Crippen molar-refractivity contribution >= 4 is 29.0 Å². The van der Waals surface area contributed by atoms with Crippen molar-refractivity contribution in [3.8, 4) is 10.7 Å². The Morgan fingerprint density at radius 1 is 1.20 bits per heavy atom. The lowest BCUT2D eigenvalue weighted by atomic mass is 10.2. The van der Waals surface area contributed by atoms with Crippen LogP contribution >= 0.6 is 23.1 Å². The quantitative estimate of drug-likeness (QED) is 0.493. The average Bonchev–Trinajstić information content (AvgIpc) is 3.20. The molecule has 3 aromatic rings. The third-order valence-corrected chi connectivity index (χ3v) is 5.28. The molecular weight excluding hydrogens is 354 g/mol. The highest BCUT2D eigenvalue weighted by molar-refractivity contribution is 7.98. The number of hydrogen-bond donors (Lipinski definition) is 2. The van der Waals surface area contributed by atoms with Crippen LogP contribution in [-0.2, 0) is 5.75 Å². The van der Waals surface area contributed by atoms with Gasteiger partial charge in [0.25, 0.3) is 5.91 Å². The van der Waals surface area contributed by atoms with E-state index in [0.29, 0.717) is 22.2 Å². The van der Waals surface area contributed by atoms with E-state index in [1.54, 1.807) is 17.5 Å². The Bertz CT molecular complexity index is 824. The molecule has 0 unspecified atom stereocenters. The number of aromatic nitrogens is 2. The van der Waals surface area contributed by atoms with Crippen molar-refractivity contribution in [3.63, 3.8) is 0 Å². The largest absolute Gasteiger partial charge is 0.395 e. The van der Waals surface area contributed by atoms with E-state index >= 15 is 0 Å². The first-order valence-corrected chi connectivity index (χ1v) is 9.61. The monoisotopic (exact) mass is 371 g/mol. The highest BCUT2D eigenvalue weighted by atomic mass is 32.2. The third-order valence-electron chi connectivity index (χ3n) is 3.36. The Kier molecular flexibility index (Phi) is 6.16. The van der Waals surface area contributed by atoms with Crippen LogP contribution in [0.5, 0.6) is 0 Å². The van der Waals surface area contributed by atoms with Crippen LogP contribution in [0.25, 0.3) is 10.7 Å². The van der Waals surface area contributed by atoms with Gasteiger partial charge in [0.15, 0.2) is 5.82 Å². The highest BCUT2D eigenvalue weighted by Crippen LogP contribution is 2.28. The van der Waals surface area contributed by atoms with Crippen LogP contribution in [0.4, 0.5) is 0 Å². The molecule has 0 aliphatic carbocycles. The number of hydrogen-bond acceptors (Lipinski definition) is 6. The van der Waals surface area contributed by atoms with Crippen LogP contribution in [0, 0.1) is 0 Å². The van der Waals surface area contributed by atoms with Gasteiger partial charge in [-0.05, 0) is 17.0 Å². The fraction of sp³-hybridized carbons (Fsp3) is 0.167. The highest BCUT2D eigenvalue weighted by Gasteiger charge is 2.16. The Morgan fingerprint density at radius 3 is 2.76 bits per heavy atom. The van der Waals surface area contributed by atoms with Gasteiger partial charge in [-0.2, -0.15) is 0 Å². The SMILES string of the molecule is O=C(NCCO)c1cnc(-c2cccs2)nc1SCc1ccccc1. The van der Waals surface area contributed by atoms with Crippen LogP contribution in [0.1, 0.15) is 15.9 Å². The second-order valence-corrected chi connectivity index (χ2v) is 7.06. The van der Waals surface area contributed by atoms with Gasteiger partial charge in [-0.25, -0.2) is 9.97 Å². The number of aliphatic hydroxyl groups excluding tert-OH is 1. The lowest BCUT2D eigenvalue weighted by Crippen LogP contribution is -2.27. The zero-order valence-corrected chi connectivity index (χ0v) is 15.0. The molecule has 2 heterocycles. The van der Waals surface area contributed by atoms with E-state index in [1.165, 1.54) is 11.8 Å². The summed E-state index contributed by atoms with van der Waals surface area (Å²) in [4.78, 5) is 22.2. The molecule has 2 aromatic heterocycles. The molecule has 25 heavy (non-hydrogen) atoms. The molecule has 0 fully saturated rings. The molecule has 0 bridgehead atoms. The molecule has 0 atom stereocenters. The van der Waals surface area contributed by atoms with Gasteiger partial charge in [0.05, 0.1) is 17.0 Å². The molecule has 1 aromatic carbocycles. The molecule has 0 spiro atoms. The maximum atomic E-state index is 12.3. The molecule has 5 nitrogen and oxygen atoms in total. The smallest absolute Gasteiger partial charge is 0.255 e. The first-order chi connectivity index (χ1) is 12.3. The molecule has 0 saturated carbocycles. The molecule has 3 rings (SSSR count). The maximum absolute atomic E-state index is 12.3. The average molecular weight is 371 g/mol. The summed E-state index contributed by atoms with van der Waals surface area (Å²) in [5.74, 6) is 1.05. The van der Waals surface area contributed by atoms with E-state index in [0.717, 1.165) is 10.4 Å². The molecule has 7 heteroatoms. The molecular formula is C18H17N3O2S2. The number of carbonyl (C=O) groups is 1.